The fourth-order valence-corrected chi connectivity index (χ4v) is 2.59. The van der Waals surface area contributed by atoms with Crippen LogP contribution in [0.1, 0.15) is 46.4 Å². The van der Waals surface area contributed by atoms with Crippen LogP contribution in [0.4, 0.5) is 0 Å². The molecule has 0 spiro atoms. The molecule has 0 aliphatic carbocycles. The number of hydrogen-bond donors (Lipinski definition) is 1. The second-order valence-electron chi connectivity index (χ2n) is 5.76. The lowest BCUT2D eigenvalue weighted by Gasteiger charge is -2.12. The van der Waals surface area contributed by atoms with E-state index in [1.165, 1.54) is 0 Å². The molecule has 0 saturated heterocycles. The third-order valence-corrected chi connectivity index (χ3v) is 4.44. The molecule has 1 aromatic carbocycles. The molecule has 0 radical (unpaired) electrons. The van der Waals surface area contributed by atoms with Gasteiger partial charge in [0.2, 0.25) is 0 Å². The molecule has 2 aromatic heterocycles. The number of carbonyl (C=O) groups excluding carboxylic acids is 1. The quantitative estimate of drug-likeness (QED) is 0.756. The third-order valence-electron chi connectivity index (χ3n) is 3.89. The van der Waals surface area contributed by atoms with E-state index >= 15 is 0 Å². The van der Waals surface area contributed by atoms with E-state index in [2.05, 4.69) is 20.6 Å². The van der Waals surface area contributed by atoms with Crippen molar-refractivity contribution < 1.29 is 9.32 Å². The van der Waals surface area contributed by atoms with Crippen LogP contribution < -0.4 is 5.32 Å². The van der Waals surface area contributed by atoms with Crippen LogP contribution in [-0.2, 0) is 6.54 Å². The van der Waals surface area contributed by atoms with E-state index in [-0.39, 0.29) is 18.5 Å². The largest absolute Gasteiger partial charge is 0.341 e. The standard InChI is InChI=1S/C17H18ClN5O2/c1-10(13-7-5-4-6-8-13)19-16(24)17-20-14(22-25-17)9-23-12(3)15(18)11(2)21-23/h4-8,10H,9H2,1-3H3,(H,19,24). The molecule has 1 amide bonds. The van der Waals surface area contributed by atoms with Gasteiger partial charge in [0.15, 0.2) is 5.82 Å². The van der Waals surface area contributed by atoms with E-state index in [9.17, 15) is 4.79 Å². The van der Waals surface area contributed by atoms with Crippen molar-refractivity contribution in [3.8, 4) is 0 Å². The van der Waals surface area contributed by atoms with E-state index in [1.54, 1.807) is 4.68 Å². The minimum absolute atomic E-state index is 0.0783. The highest BCUT2D eigenvalue weighted by atomic mass is 35.5. The molecule has 8 heteroatoms. The molecule has 3 rings (SSSR count). The van der Waals surface area contributed by atoms with Crippen LogP contribution in [0.25, 0.3) is 0 Å². The molecule has 7 nitrogen and oxygen atoms in total. The molecular weight excluding hydrogens is 342 g/mol. The Morgan fingerprint density at radius 2 is 2.04 bits per heavy atom. The number of hydrogen-bond acceptors (Lipinski definition) is 5. The lowest BCUT2D eigenvalue weighted by Crippen LogP contribution is -2.26. The zero-order chi connectivity index (χ0) is 18.0. The van der Waals surface area contributed by atoms with Gasteiger partial charge in [-0.1, -0.05) is 47.1 Å². The Hall–Kier alpha value is -2.67. The Bertz CT molecular complexity index is 888. The molecule has 0 aliphatic heterocycles. The van der Waals surface area contributed by atoms with Crippen LogP contribution in [0.15, 0.2) is 34.9 Å². The number of amides is 1. The van der Waals surface area contributed by atoms with Crippen molar-refractivity contribution in [2.45, 2.75) is 33.4 Å². The minimum atomic E-state index is -0.415. The van der Waals surface area contributed by atoms with Crippen molar-refractivity contribution in [3.63, 3.8) is 0 Å². The molecule has 0 aliphatic rings. The van der Waals surface area contributed by atoms with Gasteiger partial charge in [0.05, 0.1) is 22.5 Å². The Balaban J connectivity index is 1.68. The molecule has 3 aromatic rings. The maximum absolute atomic E-state index is 12.3. The summed E-state index contributed by atoms with van der Waals surface area (Å²) in [6.07, 6.45) is 0. The average Bonchev–Trinajstić information content (AvgIpc) is 3.17. The van der Waals surface area contributed by atoms with E-state index < -0.39 is 5.91 Å². The summed E-state index contributed by atoms with van der Waals surface area (Å²) in [4.78, 5) is 16.4. The molecule has 0 fully saturated rings. The summed E-state index contributed by atoms with van der Waals surface area (Å²) >= 11 is 6.12. The van der Waals surface area contributed by atoms with Crippen LogP contribution >= 0.6 is 11.6 Å². The molecule has 25 heavy (non-hydrogen) atoms. The van der Waals surface area contributed by atoms with Gasteiger partial charge in [-0.15, -0.1) is 0 Å². The van der Waals surface area contributed by atoms with E-state index in [0.29, 0.717) is 10.8 Å². The highest BCUT2D eigenvalue weighted by molar-refractivity contribution is 6.31. The van der Waals surface area contributed by atoms with Gasteiger partial charge in [-0.2, -0.15) is 10.1 Å². The summed E-state index contributed by atoms with van der Waals surface area (Å²) in [6.45, 7) is 5.86. The van der Waals surface area contributed by atoms with Crippen molar-refractivity contribution in [1.29, 1.82) is 0 Å². The molecule has 130 valence electrons. The zero-order valence-corrected chi connectivity index (χ0v) is 14.9. The second-order valence-corrected chi connectivity index (χ2v) is 6.14. The predicted octanol–water partition coefficient (Wildman–Crippen LogP) is 3.08. The smallest absolute Gasteiger partial charge is 0.316 e. The van der Waals surface area contributed by atoms with Crippen LogP contribution in [0.5, 0.6) is 0 Å². The van der Waals surface area contributed by atoms with Gasteiger partial charge in [0, 0.05) is 0 Å². The third kappa shape index (κ3) is 3.71. The molecule has 0 bridgehead atoms. The first-order valence-electron chi connectivity index (χ1n) is 7.83. The summed E-state index contributed by atoms with van der Waals surface area (Å²) in [5.74, 6) is -0.133. The van der Waals surface area contributed by atoms with E-state index in [0.717, 1.165) is 17.0 Å². The van der Waals surface area contributed by atoms with E-state index in [4.69, 9.17) is 16.1 Å². The Morgan fingerprint density at radius 1 is 1.32 bits per heavy atom. The Morgan fingerprint density at radius 3 is 2.68 bits per heavy atom. The fourth-order valence-electron chi connectivity index (χ4n) is 2.46. The number of nitrogens with zero attached hydrogens (tertiary/aromatic N) is 4. The van der Waals surface area contributed by atoms with Gasteiger partial charge in [0.1, 0.15) is 6.54 Å². The van der Waals surface area contributed by atoms with Crippen molar-refractivity contribution in [2.24, 2.45) is 0 Å². The second kappa shape index (κ2) is 7.06. The predicted molar refractivity (Wildman–Crippen MR) is 92.4 cm³/mol. The summed E-state index contributed by atoms with van der Waals surface area (Å²) in [5.41, 5.74) is 2.54. The first-order valence-corrected chi connectivity index (χ1v) is 8.21. The monoisotopic (exact) mass is 359 g/mol. The maximum Gasteiger partial charge on any atom is 0.316 e. The minimum Gasteiger partial charge on any atom is -0.341 e. The number of nitrogens with one attached hydrogen (secondary N) is 1. The number of halogens is 1. The molecule has 1 N–H and O–H groups in total. The Kier molecular flexibility index (Phi) is 4.85. The first-order chi connectivity index (χ1) is 12.0. The molecule has 1 atom stereocenters. The average molecular weight is 360 g/mol. The SMILES string of the molecule is Cc1nn(Cc2noc(C(=O)NC(C)c3ccccc3)n2)c(C)c1Cl. The van der Waals surface area contributed by atoms with Gasteiger partial charge in [-0.05, 0) is 26.3 Å². The van der Waals surface area contributed by atoms with Gasteiger partial charge in [0.25, 0.3) is 0 Å². The fraction of sp³-hybridized carbons (Fsp3) is 0.294. The van der Waals surface area contributed by atoms with Gasteiger partial charge < -0.3 is 9.84 Å². The summed E-state index contributed by atoms with van der Waals surface area (Å²) in [6, 6.07) is 9.48. The van der Waals surface area contributed by atoms with E-state index in [1.807, 2.05) is 51.1 Å². The number of benzene rings is 1. The zero-order valence-electron chi connectivity index (χ0n) is 14.2. The summed E-state index contributed by atoms with van der Waals surface area (Å²) in [5, 5.41) is 11.6. The lowest BCUT2D eigenvalue weighted by molar-refractivity contribution is 0.0895. The number of aryl methyl sites for hydroxylation is 1. The highest BCUT2D eigenvalue weighted by Crippen LogP contribution is 2.19. The summed E-state index contributed by atoms with van der Waals surface area (Å²) in [7, 11) is 0. The molecule has 2 heterocycles. The number of carbonyl (C=O) groups is 1. The van der Waals surface area contributed by atoms with Crippen molar-refractivity contribution in [3.05, 3.63) is 64.0 Å². The number of rotatable bonds is 5. The van der Waals surface area contributed by atoms with Crippen LogP contribution in [-0.4, -0.2) is 25.8 Å². The van der Waals surface area contributed by atoms with Gasteiger partial charge in [-0.25, -0.2) is 0 Å². The first kappa shape index (κ1) is 17.2. The van der Waals surface area contributed by atoms with Crippen LogP contribution in [0.3, 0.4) is 0 Å². The van der Waals surface area contributed by atoms with Crippen LogP contribution in [0.2, 0.25) is 5.02 Å². The van der Waals surface area contributed by atoms with Crippen molar-refractivity contribution in [2.75, 3.05) is 0 Å². The highest BCUT2D eigenvalue weighted by Gasteiger charge is 2.19. The molecule has 0 saturated carbocycles. The van der Waals surface area contributed by atoms with Crippen molar-refractivity contribution in [1.82, 2.24) is 25.2 Å². The topological polar surface area (TPSA) is 85.8 Å². The van der Waals surface area contributed by atoms with Crippen molar-refractivity contribution >= 4 is 17.5 Å². The Labute approximate surface area is 150 Å². The van der Waals surface area contributed by atoms with Gasteiger partial charge in [-0.3, -0.25) is 9.48 Å². The molecular formula is C17H18ClN5O2. The maximum atomic E-state index is 12.3. The number of aromatic nitrogens is 4. The van der Waals surface area contributed by atoms with Gasteiger partial charge >= 0.3 is 11.8 Å². The lowest BCUT2D eigenvalue weighted by atomic mass is 10.1. The normalized spacial score (nSPS) is 12.2. The summed E-state index contributed by atoms with van der Waals surface area (Å²) < 4.78 is 6.74. The molecule has 1 unspecified atom stereocenters. The van der Waals surface area contributed by atoms with Crippen LogP contribution in [0, 0.1) is 13.8 Å².